The van der Waals surface area contributed by atoms with Gasteiger partial charge in [0.2, 0.25) is 0 Å². The third-order valence-electron chi connectivity index (χ3n) is 4.20. The van der Waals surface area contributed by atoms with Crippen LogP contribution < -0.4 is 4.74 Å². The molecule has 1 aromatic heterocycles. The van der Waals surface area contributed by atoms with Crippen molar-refractivity contribution in [1.29, 1.82) is 0 Å². The molecular formula is C20H19ClN2O4. The van der Waals surface area contributed by atoms with E-state index in [2.05, 4.69) is 4.98 Å². The van der Waals surface area contributed by atoms with Crippen LogP contribution in [0.2, 0.25) is 5.02 Å². The molecule has 140 valence electrons. The maximum atomic E-state index is 12.3. The molecule has 0 aliphatic rings. The Bertz CT molecular complexity index is 983. The zero-order valence-corrected chi connectivity index (χ0v) is 15.7. The molecule has 0 radical (unpaired) electrons. The van der Waals surface area contributed by atoms with Gasteiger partial charge in [-0.3, -0.25) is 4.79 Å². The fourth-order valence-electron chi connectivity index (χ4n) is 2.74. The van der Waals surface area contributed by atoms with Crippen LogP contribution in [-0.4, -0.2) is 42.5 Å². The summed E-state index contributed by atoms with van der Waals surface area (Å²) >= 11 is 6.23. The molecule has 0 bridgehead atoms. The molecule has 0 atom stereocenters. The summed E-state index contributed by atoms with van der Waals surface area (Å²) in [7, 11) is 3.21. The van der Waals surface area contributed by atoms with Gasteiger partial charge in [0.1, 0.15) is 11.4 Å². The van der Waals surface area contributed by atoms with Crippen molar-refractivity contribution in [2.45, 2.75) is 6.54 Å². The highest BCUT2D eigenvalue weighted by molar-refractivity contribution is 6.38. The summed E-state index contributed by atoms with van der Waals surface area (Å²) < 4.78 is 10.4. The molecule has 7 heteroatoms. The third kappa shape index (κ3) is 4.06. The lowest BCUT2D eigenvalue weighted by Crippen LogP contribution is -2.31. The first-order chi connectivity index (χ1) is 13.0. The minimum atomic E-state index is -0.671. The van der Waals surface area contributed by atoms with Crippen molar-refractivity contribution in [3.63, 3.8) is 0 Å². The number of ether oxygens (including phenoxy) is 2. The number of aromatic nitrogens is 1. The van der Waals surface area contributed by atoms with Gasteiger partial charge in [0.05, 0.1) is 12.1 Å². The van der Waals surface area contributed by atoms with Crippen molar-refractivity contribution in [1.82, 2.24) is 9.88 Å². The van der Waals surface area contributed by atoms with E-state index < -0.39 is 5.97 Å². The summed E-state index contributed by atoms with van der Waals surface area (Å²) in [5.74, 6) is -0.310. The van der Waals surface area contributed by atoms with E-state index >= 15 is 0 Å². The van der Waals surface area contributed by atoms with Crippen LogP contribution in [0.4, 0.5) is 0 Å². The zero-order valence-electron chi connectivity index (χ0n) is 15.0. The van der Waals surface area contributed by atoms with E-state index in [0.29, 0.717) is 12.3 Å². The van der Waals surface area contributed by atoms with Gasteiger partial charge in [-0.15, -0.1) is 0 Å². The number of halogens is 1. The van der Waals surface area contributed by atoms with Crippen molar-refractivity contribution in [2.24, 2.45) is 0 Å². The molecule has 0 spiro atoms. The lowest BCUT2D eigenvalue weighted by Gasteiger charge is -2.18. The van der Waals surface area contributed by atoms with Crippen LogP contribution in [0.1, 0.15) is 16.1 Å². The number of aromatic amines is 1. The quantitative estimate of drug-likeness (QED) is 0.656. The number of amides is 1. The number of para-hydroxylation sites is 2. The molecule has 0 saturated heterocycles. The Hall–Kier alpha value is -2.99. The summed E-state index contributed by atoms with van der Waals surface area (Å²) in [4.78, 5) is 29.0. The number of fused-ring (bicyclic) bond motifs is 1. The number of likely N-dealkylation sites (N-methyl/N-ethyl adjacent to an activating group) is 1. The Morgan fingerprint density at radius 3 is 2.56 bits per heavy atom. The molecule has 2 aromatic carbocycles. The fraction of sp³-hybridized carbons (Fsp3) is 0.200. The maximum Gasteiger partial charge on any atom is 0.356 e. The van der Waals surface area contributed by atoms with E-state index in [4.69, 9.17) is 21.1 Å². The second-order valence-corrected chi connectivity index (χ2v) is 6.38. The average Bonchev–Trinajstić information content (AvgIpc) is 3.03. The predicted molar refractivity (Wildman–Crippen MR) is 103 cm³/mol. The van der Waals surface area contributed by atoms with Crippen LogP contribution in [0.15, 0.2) is 48.5 Å². The summed E-state index contributed by atoms with van der Waals surface area (Å²) in [5, 5.41) is 1.01. The van der Waals surface area contributed by atoms with Crippen molar-refractivity contribution in [2.75, 3.05) is 20.8 Å². The number of rotatable bonds is 6. The zero-order chi connectivity index (χ0) is 19.4. The van der Waals surface area contributed by atoms with Crippen molar-refractivity contribution < 1.29 is 19.1 Å². The van der Waals surface area contributed by atoms with E-state index in [-0.39, 0.29) is 23.2 Å². The monoisotopic (exact) mass is 386 g/mol. The molecule has 0 unspecified atom stereocenters. The Kier molecular flexibility index (Phi) is 5.66. The SMILES string of the molecule is COc1ccccc1CN(C)C(=O)COC(=O)c1[nH]c2ccccc2c1Cl. The highest BCUT2D eigenvalue weighted by Gasteiger charge is 2.20. The second kappa shape index (κ2) is 8.14. The largest absolute Gasteiger partial charge is 0.496 e. The van der Waals surface area contributed by atoms with Crippen LogP contribution in [-0.2, 0) is 16.1 Å². The number of nitrogens with zero attached hydrogens (tertiary/aromatic N) is 1. The Morgan fingerprint density at radius 2 is 1.81 bits per heavy atom. The Labute approximate surface area is 161 Å². The molecule has 0 aliphatic carbocycles. The Balaban J connectivity index is 1.62. The lowest BCUT2D eigenvalue weighted by molar-refractivity contribution is -0.133. The normalized spacial score (nSPS) is 10.6. The second-order valence-electron chi connectivity index (χ2n) is 6.00. The van der Waals surface area contributed by atoms with E-state index in [1.807, 2.05) is 42.5 Å². The number of nitrogens with one attached hydrogen (secondary N) is 1. The first-order valence-corrected chi connectivity index (χ1v) is 8.68. The van der Waals surface area contributed by atoms with Crippen LogP contribution in [0.3, 0.4) is 0 Å². The van der Waals surface area contributed by atoms with Crippen LogP contribution >= 0.6 is 11.6 Å². The predicted octanol–water partition coefficient (Wildman–Crippen LogP) is 3.65. The number of hydrogen-bond donors (Lipinski definition) is 1. The molecular weight excluding hydrogens is 368 g/mol. The van der Waals surface area contributed by atoms with E-state index in [1.165, 1.54) is 4.90 Å². The number of H-pyrrole nitrogens is 1. The van der Waals surface area contributed by atoms with Crippen molar-refractivity contribution in [3.05, 3.63) is 64.8 Å². The molecule has 0 fully saturated rings. The third-order valence-corrected chi connectivity index (χ3v) is 4.59. The van der Waals surface area contributed by atoms with Crippen LogP contribution in [0.5, 0.6) is 5.75 Å². The van der Waals surface area contributed by atoms with Crippen LogP contribution in [0.25, 0.3) is 10.9 Å². The smallest absolute Gasteiger partial charge is 0.356 e. The van der Waals surface area contributed by atoms with Gasteiger partial charge in [0, 0.05) is 30.1 Å². The molecule has 1 N–H and O–H groups in total. The fourth-order valence-corrected chi connectivity index (χ4v) is 3.02. The number of carbonyl (C=O) groups is 2. The molecule has 6 nitrogen and oxygen atoms in total. The summed E-state index contributed by atoms with van der Waals surface area (Å²) in [6.45, 7) is -0.0380. The molecule has 1 heterocycles. The topological polar surface area (TPSA) is 71.6 Å². The van der Waals surface area contributed by atoms with Gasteiger partial charge in [-0.1, -0.05) is 48.0 Å². The first-order valence-electron chi connectivity index (χ1n) is 8.30. The summed E-state index contributed by atoms with van der Waals surface area (Å²) in [6, 6.07) is 14.7. The van der Waals surface area contributed by atoms with E-state index in [0.717, 1.165) is 16.5 Å². The van der Waals surface area contributed by atoms with Gasteiger partial charge in [0.25, 0.3) is 5.91 Å². The minimum Gasteiger partial charge on any atom is -0.496 e. The first kappa shape index (κ1) is 18.8. The Morgan fingerprint density at radius 1 is 1.11 bits per heavy atom. The van der Waals surface area contributed by atoms with Gasteiger partial charge in [-0.2, -0.15) is 0 Å². The lowest BCUT2D eigenvalue weighted by atomic mass is 10.2. The number of methoxy groups -OCH3 is 1. The molecule has 1 amide bonds. The molecule has 3 rings (SSSR count). The minimum absolute atomic E-state index is 0.137. The average molecular weight is 387 g/mol. The molecule has 0 aliphatic heterocycles. The molecule has 3 aromatic rings. The van der Waals surface area contributed by atoms with Crippen molar-refractivity contribution >= 4 is 34.4 Å². The summed E-state index contributed by atoms with van der Waals surface area (Å²) in [6.07, 6.45) is 0. The van der Waals surface area contributed by atoms with Gasteiger partial charge < -0.3 is 19.4 Å². The molecule has 0 saturated carbocycles. The van der Waals surface area contributed by atoms with Gasteiger partial charge >= 0.3 is 5.97 Å². The number of carbonyl (C=O) groups excluding carboxylic acids is 2. The number of hydrogen-bond acceptors (Lipinski definition) is 4. The van der Waals surface area contributed by atoms with Crippen molar-refractivity contribution in [3.8, 4) is 5.75 Å². The van der Waals surface area contributed by atoms with Gasteiger partial charge in [-0.05, 0) is 12.1 Å². The van der Waals surface area contributed by atoms with E-state index in [1.54, 1.807) is 20.2 Å². The van der Waals surface area contributed by atoms with Gasteiger partial charge in [0.15, 0.2) is 6.61 Å². The number of benzene rings is 2. The standard InChI is InChI=1S/C20H19ClN2O4/c1-23(11-13-7-3-6-10-16(13)26-2)17(24)12-27-20(25)19-18(21)14-8-4-5-9-15(14)22-19/h3-10,22H,11-12H2,1-2H3. The highest BCUT2D eigenvalue weighted by atomic mass is 35.5. The summed E-state index contributed by atoms with van der Waals surface area (Å²) in [5.41, 5.74) is 1.73. The van der Waals surface area contributed by atoms with Gasteiger partial charge in [-0.25, -0.2) is 4.79 Å². The highest BCUT2D eigenvalue weighted by Crippen LogP contribution is 2.27. The maximum absolute atomic E-state index is 12.3. The van der Waals surface area contributed by atoms with E-state index in [9.17, 15) is 9.59 Å². The molecule has 27 heavy (non-hydrogen) atoms. The van der Waals surface area contributed by atoms with Crippen LogP contribution in [0, 0.1) is 0 Å². The number of esters is 1.